The second kappa shape index (κ2) is 7.26. The standard InChI is InChI=1S/C16H17FN2O2S/c1-11(13-6-8-14(17)9-7-13)18-16(20)12(2)22-15-5-3-4-10-19(15)21/h3-12H,1-2H3,(H,18,20)/t11-,12-/m0/s1. The molecule has 4 nitrogen and oxygen atoms in total. The maximum absolute atomic E-state index is 12.9. The van der Waals surface area contributed by atoms with Crippen molar-refractivity contribution in [2.45, 2.75) is 30.2 Å². The van der Waals surface area contributed by atoms with Crippen molar-refractivity contribution in [1.29, 1.82) is 0 Å². The van der Waals surface area contributed by atoms with Gasteiger partial charge in [-0.2, -0.15) is 4.73 Å². The first-order valence-corrected chi connectivity index (χ1v) is 7.76. The number of hydrogen-bond donors (Lipinski definition) is 1. The van der Waals surface area contributed by atoms with Gasteiger partial charge in [0.2, 0.25) is 5.91 Å². The summed E-state index contributed by atoms with van der Waals surface area (Å²) in [5.74, 6) is -0.485. The molecule has 6 heteroatoms. The fourth-order valence-corrected chi connectivity index (χ4v) is 2.76. The van der Waals surface area contributed by atoms with Gasteiger partial charge in [0.1, 0.15) is 5.82 Å². The normalized spacial score (nSPS) is 13.4. The number of amides is 1. The van der Waals surface area contributed by atoms with Gasteiger partial charge >= 0.3 is 0 Å². The van der Waals surface area contributed by atoms with E-state index in [4.69, 9.17) is 0 Å². The van der Waals surface area contributed by atoms with E-state index >= 15 is 0 Å². The summed E-state index contributed by atoms with van der Waals surface area (Å²) in [6, 6.07) is 10.8. The number of rotatable bonds is 5. The lowest BCUT2D eigenvalue weighted by molar-refractivity contribution is -0.645. The number of hydrogen-bond acceptors (Lipinski definition) is 3. The van der Waals surface area contributed by atoms with Crippen LogP contribution >= 0.6 is 11.8 Å². The van der Waals surface area contributed by atoms with Crippen LogP contribution in [0.3, 0.4) is 0 Å². The van der Waals surface area contributed by atoms with Gasteiger partial charge in [-0.25, -0.2) is 4.39 Å². The molecule has 2 atom stereocenters. The van der Waals surface area contributed by atoms with Gasteiger partial charge < -0.3 is 10.5 Å². The second-order valence-corrected chi connectivity index (χ2v) is 6.27. The molecular weight excluding hydrogens is 303 g/mol. The molecule has 1 N–H and O–H groups in total. The maximum atomic E-state index is 12.9. The van der Waals surface area contributed by atoms with Gasteiger partial charge in [0.15, 0.2) is 6.20 Å². The van der Waals surface area contributed by atoms with Crippen LogP contribution in [0.1, 0.15) is 25.5 Å². The zero-order chi connectivity index (χ0) is 16.1. The summed E-state index contributed by atoms with van der Waals surface area (Å²) in [5.41, 5.74) is 0.825. The van der Waals surface area contributed by atoms with Crippen LogP contribution < -0.4 is 10.0 Å². The molecule has 0 radical (unpaired) electrons. The minimum atomic E-state index is -0.412. The molecule has 0 aliphatic rings. The van der Waals surface area contributed by atoms with Crippen LogP contribution in [0.4, 0.5) is 4.39 Å². The summed E-state index contributed by atoms with van der Waals surface area (Å²) in [7, 11) is 0. The SMILES string of the molecule is C[C@H](Sc1cccc[n+]1[O-])C(=O)N[C@@H](C)c1ccc(F)cc1. The lowest BCUT2D eigenvalue weighted by Gasteiger charge is -2.17. The highest BCUT2D eigenvalue weighted by Crippen LogP contribution is 2.21. The number of carbonyl (C=O) groups excluding carboxylic acids is 1. The Bertz CT molecular complexity index is 649. The van der Waals surface area contributed by atoms with Crippen molar-refractivity contribution in [2.24, 2.45) is 0 Å². The largest absolute Gasteiger partial charge is 0.618 e. The fourth-order valence-electron chi connectivity index (χ4n) is 1.90. The van der Waals surface area contributed by atoms with E-state index in [1.165, 1.54) is 30.1 Å². The van der Waals surface area contributed by atoms with Crippen LogP contribution in [0.15, 0.2) is 53.7 Å². The van der Waals surface area contributed by atoms with Crippen LogP contribution in [0.25, 0.3) is 0 Å². The van der Waals surface area contributed by atoms with E-state index in [0.717, 1.165) is 10.3 Å². The zero-order valence-electron chi connectivity index (χ0n) is 12.3. The quantitative estimate of drug-likeness (QED) is 0.523. The van der Waals surface area contributed by atoms with E-state index in [2.05, 4.69) is 5.32 Å². The molecule has 0 fully saturated rings. The van der Waals surface area contributed by atoms with Gasteiger partial charge in [-0.05, 0) is 49.4 Å². The monoisotopic (exact) mass is 320 g/mol. The van der Waals surface area contributed by atoms with Crippen molar-refractivity contribution in [2.75, 3.05) is 0 Å². The molecule has 2 aromatic rings. The number of aromatic nitrogens is 1. The predicted octanol–water partition coefficient (Wildman–Crippen LogP) is 2.82. The molecule has 0 bridgehead atoms. The third-order valence-corrected chi connectivity index (χ3v) is 4.31. The van der Waals surface area contributed by atoms with Gasteiger partial charge in [0.25, 0.3) is 5.03 Å². The Hall–Kier alpha value is -2.08. The van der Waals surface area contributed by atoms with Crippen molar-refractivity contribution < 1.29 is 13.9 Å². The molecule has 0 unspecified atom stereocenters. The number of halogens is 1. The Morgan fingerprint density at radius 3 is 2.55 bits per heavy atom. The Morgan fingerprint density at radius 2 is 1.91 bits per heavy atom. The van der Waals surface area contributed by atoms with Crippen LogP contribution in [0.5, 0.6) is 0 Å². The molecule has 1 heterocycles. The Balaban J connectivity index is 1.96. The Kier molecular flexibility index (Phi) is 5.38. The first-order valence-electron chi connectivity index (χ1n) is 6.88. The van der Waals surface area contributed by atoms with Gasteiger partial charge in [-0.15, -0.1) is 0 Å². The number of nitrogens with one attached hydrogen (secondary N) is 1. The highest BCUT2D eigenvalue weighted by atomic mass is 32.2. The fraction of sp³-hybridized carbons (Fsp3) is 0.250. The molecule has 0 spiro atoms. The molecule has 2 rings (SSSR count). The van der Waals surface area contributed by atoms with Crippen molar-refractivity contribution in [3.05, 3.63) is 65.2 Å². The van der Waals surface area contributed by atoms with Gasteiger partial charge in [-0.1, -0.05) is 12.1 Å². The smallest absolute Gasteiger partial charge is 0.252 e. The van der Waals surface area contributed by atoms with Crippen LogP contribution in [0, 0.1) is 11.0 Å². The van der Waals surface area contributed by atoms with Crippen molar-refractivity contribution in [3.63, 3.8) is 0 Å². The topological polar surface area (TPSA) is 56.0 Å². The van der Waals surface area contributed by atoms with Crippen molar-refractivity contribution in [1.82, 2.24) is 5.32 Å². The van der Waals surface area contributed by atoms with Crippen molar-refractivity contribution >= 4 is 17.7 Å². The summed E-state index contributed by atoms with van der Waals surface area (Å²) in [5, 5.41) is 14.5. The molecule has 1 amide bonds. The van der Waals surface area contributed by atoms with E-state index < -0.39 is 5.25 Å². The van der Waals surface area contributed by atoms with E-state index in [1.54, 1.807) is 37.3 Å². The van der Waals surface area contributed by atoms with Gasteiger partial charge in [0, 0.05) is 12.1 Å². The minimum absolute atomic E-state index is 0.175. The van der Waals surface area contributed by atoms with E-state index in [-0.39, 0.29) is 17.8 Å². The molecule has 0 saturated carbocycles. The summed E-state index contributed by atoms with van der Waals surface area (Å²) in [4.78, 5) is 12.2. The third-order valence-electron chi connectivity index (χ3n) is 3.18. The molecule has 0 saturated heterocycles. The zero-order valence-corrected chi connectivity index (χ0v) is 13.1. The highest BCUT2D eigenvalue weighted by molar-refractivity contribution is 8.00. The number of benzene rings is 1. The second-order valence-electron chi connectivity index (χ2n) is 4.91. The minimum Gasteiger partial charge on any atom is -0.618 e. The highest BCUT2D eigenvalue weighted by Gasteiger charge is 2.20. The molecule has 22 heavy (non-hydrogen) atoms. The molecule has 1 aromatic heterocycles. The van der Waals surface area contributed by atoms with E-state index in [1.807, 2.05) is 6.92 Å². The van der Waals surface area contributed by atoms with E-state index in [9.17, 15) is 14.4 Å². The number of nitrogens with zero attached hydrogens (tertiary/aromatic N) is 1. The van der Waals surface area contributed by atoms with Crippen molar-refractivity contribution in [3.8, 4) is 0 Å². The summed E-state index contributed by atoms with van der Waals surface area (Å²) in [6.45, 7) is 3.57. The molecule has 116 valence electrons. The number of thioether (sulfide) groups is 1. The average molecular weight is 320 g/mol. The predicted molar refractivity (Wildman–Crippen MR) is 83.7 cm³/mol. The Labute approximate surface area is 132 Å². The average Bonchev–Trinajstić information content (AvgIpc) is 2.50. The van der Waals surface area contributed by atoms with E-state index in [0.29, 0.717) is 5.03 Å². The lowest BCUT2D eigenvalue weighted by Crippen LogP contribution is -2.35. The molecule has 0 aliphatic carbocycles. The molecule has 1 aromatic carbocycles. The van der Waals surface area contributed by atoms with Gasteiger partial charge in [0.05, 0.1) is 11.3 Å². The summed E-state index contributed by atoms with van der Waals surface area (Å²) >= 11 is 1.20. The summed E-state index contributed by atoms with van der Waals surface area (Å²) in [6.07, 6.45) is 1.40. The molecule has 0 aliphatic heterocycles. The third kappa shape index (κ3) is 4.21. The van der Waals surface area contributed by atoms with Crippen LogP contribution in [0.2, 0.25) is 0 Å². The van der Waals surface area contributed by atoms with Crippen LogP contribution in [-0.4, -0.2) is 11.2 Å². The van der Waals surface area contributed by atoms with Crippen LogP contribution in [-0.2, 0) is 4.79 Å². The number of pyridine rings is 1. The first-order chi connectivity index (χ1) is 10.5. The summed E-state index contributed by atoms with van der Waals surface area (Å²) < 4.78 is 13.6. The molecular formula is C16H17FN2O2S. The first kappa shape index (κ1) is 16.3. The maximum Gasteiger partial charge on any atom is 0.252 e. The Morgan fingerprint density at radius 1 is 1.23 bits per heavy atom. The number of carbonyl (C=O) groups is 1. The van der Waals surface area contributed by atoms with Gasteiger partial charge in [-0.3, -0.25) is 4.79 Å². The lowest BCUT2D eigenvalue weighted by atomic mass is 10.1.